The fourth-order valence-electron chi connectivity index (χ4n) is 2.48. The molecule has 1 N–H and O–H groups in total. The van der Waals surface area contributed by atoms with Crippen LogP contribution in [0.2, 0.25) is 0 Å². The summed E-state index contributed by atoms with van der Waals surface area (Å²) in [6.45, 7) is 0. The monoisotopic (exact) mass is 329 g/mol. The van der Waals surface area contributed by atoms with Gasteiger partial charge >= 0.3 is 0 Å². The highest BCUT2D eigenvalue weighted by molar-refractivity contribution is 7.09. The normalized spacial score (nSPS) is 10.5. The second-order valence-corrected chi connectivity index (χ2v) is 6.11. The Bertz CT molecular complexity index is 916. The quantitative estimate of drug-likeness (QED) is 0.528. The number of nitrogens with zero attached hydrogens (tertiary/aromatic N) is 2. The number of hydrogen-bond donors (Lipinski definition) is 1. The zero-order valence-corrected chi connectivity index (χ0v) is 13.7. The lowest BCUT2D eigenvalue weighted by molar-refractivity contribution is 1.32. The lowest BCUT2D eigenvalue weighted by Crippen LogP contribution is -1.89. The van der Waals surface area contributed by atoms with E-state index < -0.39 is 0 Å². The van der Waals surface area contributed by atoms with Crippen LogP contribution in [0.5, 0.6) is 0 Å². The Labute approximate surface area is 144 Å². The van der Waals surface area contributed by atoms with Crippen molar-refractivity contribution in [3.63, 3.8) is 0 Å². The minimum Gasteiger partial charge on any atom is -0.330 e. The molecule has 0 fully saturated rings. The Morgan fingerprint density at radius 1 is 0.625 bits per heavy atom. The number of hydrogen-bond acceptors (Lipinski definition) is 4. The van der Waals surface area contributed by atoms with Crippen LogP contribution in [0.4, 0.5) is 10.8 Å². The molecule has 0 bridgehead atoms. The van der Waals surface area contributed by atoms with Gasteiger partial charge in [-0.2, -0.15) is 9.36 Å². The molecule has 0 saturated carbocycles. The first kappa shape index (κ1) is 14.6. The van der Waals surface area contributed by atoms with Gasteiger partial charge in [0.1, 0.15) is 0 Å². The molecule has 0 aliphatic carbocycles. The van der Waals surface area contributed by atoms with Gasteiger partial charge < -0.3 is 5.32 Å². The van der Waals surface area contributed by atoms with Crippen molar-refractivity contribution in [3.8, 4) is 22.5 Å². The first-order valence-electron chi connectivity index (χ1n) is 7.70. The van der Waals surface area contributed by atoms with Crippen LogP contribution in [0.1, 0.15) is 0 Å². The van der Waals surface area contributed by atoms with Gasteiger partial charge in [-0.3, -0.25) is 0 Å². The van der Waals surface area contributed by atoms with Gasteiger partial charge in [0.2, 0.25) is 5.13 Å². The third-order valence-corrected chi connectivity index (χ3v) is 4.33. The van der Waals surface area contributed by atoms with Gasteiger partial charge in [-0.1, -0.05) is 72.8 Å². The first-order valence-corrected chi connectivity index (χ1v) is 8.47. The Hall–Kier alpha value is -2.98. The average Bonchev–Trinajstić information content (AvgIpc) is 3.12. The molecule has 4 heteroatoms. The highest BCUT2D eigenvalue weighted by Gasteiger charge is 2.06. The van der Waals surface area contributed by atoms with Crippen LogP contribution in [0.3, 0.4) is 0 Å². The van der Waals surface area contributed by atoms with Crippen LogP contribution in [0.15, 0.2) is 84.9 Å². The summed E-state index contributed by atoms with van der Waals surface area (Å²) in [7, 11) is 0. The van der Waals surface area contributed by atoms with E-state index in [0.717, 1.165) is 22.2 Å². The number of rotatable bonds is 4. The van der Waals surface area contributed by atoms with Crippen molar-refractivity contribution in [1.29, 1.82) is 0 Å². The molecule has 0 atom stereocenters. The first-order chi connectivity index (χ1) is 11.9. The van der Waals surface area contributed by atoms with Crippen LogP contribution < -0.4 is 5.32 Å². The van der Waals surface area contributed by atoms with Gasteiger partial charge in [0.15, 0.2) is 5.82 Å². The summed E-state index contributed by atoms with van der Waals surface area (Å²) in [6, 6.07) is 28.7. The Balaban J connectivity index is 1.51. The molecule has 0 saturated heterocycles. The summed E-state index contributed by atoms with van der Waals surface area (Å²) in [5.74, 6) is 0.754. The van der Waals surface area contributed by atoms with Gasteiger partial charge in [0.25, 0.3) is 0 Å². The summed E-state index contributed by atoms with van der Waals surface area (Å²) < 4.78 is 4.42. The van der Waals surface area contributed by atoms with E-state index in [9.17, 15) is 0 Å². The fraction of sp³-hybridized carbons (Fsp3) is 0. The molecular formula is C20H15N3S. The molecule has 0 aliphatic heterocycles. The number of aromatic nitrogens is 2. The van der Waals surface area contributed by atoms with E-state index in [1.54, 1.807) is 0 Å². The predicted molar refractivity (Wildman–Crippen MR) is 101 cm³/mol. The molecule has 3 aromatic carbocycles. The molecule has 0 amide bonds. The van der Waals surface area contributed by atoms with Crippen LogP contribution in [-0.4, -0.2) is 9.36 Å². The molecule has 1 heterocycles. The molecule has 0 radical (unpaired) electrons. The van der Waals surface area contributed by atoms with Crippen LogP contribution in [0, 0.1) is 0 Å². The van der Waals surface area contributed by atoms with Crippen molar-refractivity contribution in [1.82, 2.24) is 9.36 Å². The molecule has 0 spiro atoms. The molecule has 4 aromatic rings. The van der Waals surface area contributed by atoms with Crippen molar-refractivity contribution in [3.05, 3.63) is 84.9 Å². The summed E-state index contributed by atoms with van der Waals surface area (Å²) in [6.07, 6.45) is 0. The largest absolute Gasteiger partial charge is 0.330 e. The van der Waals surface area contributed by atoms with Crippen molar-refractivity contribution in [2.45, 2.75) is 0 Å². The summed E-state index contributed by atoms with van der Waals surface area (Å²) in [5.41, 5.74) is 4.45. The van der Waals surface area contributed by atoms with Gasteiger partial charge in [-0.25, -0.2) is 0 Å². The molecule has 1 aromatic heterocycles. The zero-order valence-electron chi connectivity index (χ0n) is 12.9. The lowest BCUT2D eigenvalue weighted by Gasteiger charge is -2.05. The third kappa shape index (κ3) is 3.19. The smallest absolute Gasteiger partial charge is 0.207 e. The van der Waals surface area contributed by atoms with E-state index in [0.29, 0.717) is 0 Å². The maximum atomic E-state index is 4.55. The van der Waals surface area contributed by atoms with E-state index in [1.165, 1.54) is 22.7 Å². The van der Waals surface area contributed by atoms with Crippen LogP contribution in [0.25, 0.3) is 22.5 Å². The Morgan fingerprint density at radius 2 is 1.21 bits per heavy atom. The number of anilines is 2. The highest BCUT2D eigenvalue weighted by Crippen LogP contribution is 2.26. The van der Waals surface area contributed by atoms with Crippen molar-refractivity contribution in [2.24, 2.45) is 0 Å². The highest BCUT2D eigenvalue weighted by atomic mass is 32.1. The van der Waals surface area contributed by atoms with Crippen molar-refractivity contribution >= 4 is 22.4 Å². The van der Waals surface area contributed by atoms with E-state index in [1.807, 2.05) is 48.5 Å². The molecule has 0 aliphatic rings. The summed E-state index contributed by atoms with van der Waals surface area (Å²) >= 11 is 1.37. The maximum absolute atomic E-state index is 4.55. The minimum atomic E-state index is 0.754. The SMILES string of the molecule is c1ccc(-c2ccc(Nc3nc(-c4ccccc4)ns3)cc2)cc1. The predicted octanol–water partition coefficient (Wildman–Crippen LogP) is 5.62. The average molecular weight is 329 g/mol. The number of nitrogens with one attached hydrogen (secondary N) is 1. The second-order valence-electron chi connectivity index (χ2n) is 5.36. The van der Waals surface area contributed by atoms with Gasteiger partial charge in [0, 0.05) is 22.8 Å². The summed E-state index contributed by atoms with van der Waals surface area (Å²) in [4.78, 5) is 4.55. The third-order valence-electron chi connectivity index (χ3n) is 3.70. The Morgan fingerprint density at radius 3 is 1.88 bits per heavy atom. The molecule has 24 heavy (non-hydrogen) atoms. The maximum Gasteiger partial charge on any atom is 0.207 e. The van der Waals surface area contributed by atoms with Crippen molar-refractivity contribution in [2.75, 3.05) is 5.32 Å². The summed E-state index contributed by atoms with van der Waals surface area (Å²) in [5, 5.41) is 4.11. The van der Waals surface area contributed by atoms with Gasteiger partial charge in [0.05, 0.1) is 0 Å². The van der Waals surface area contributed by atoms with E-state index in [2.05, 4.69) is 51.1 Å². The molecule has 4 rings (SSSR count). The molecule has 0 unspecified atom stereocenters. The molecular weight excluding hydrogens is 314 g/mol. The minimum absolute atomic E-state index is 0.754. The lowest BCUT2D eigenvalue weighted by atomic mass is 10.1. The van der Waals surface area contributed by atoms with Crippen molar-refractivity contribution < 1.29 is 0 Å². The van der Waals surface area contributed by atoms with Crippen LogP contribution in [-0.2, 0) is 0 Å². The number of benzene rings is 3. The topological polar surface area (TPSA) is 37.8 Å². The standard InChI is InChI=1S/C20H15N3S/c1-3-7-15(8-4-1)16-11-13-18(14-12-16)21-20-22-19(23-24-20)17-9-5-2-6-10-17/h1-14H,(H,21,22,23). The second kappa shape index (κ2) is 6.64. The molecule has 3 nitrogen and oxygen atoms in total. The van der Waals surface area contributed by atoms with E-state index in [4.69, 9.17) is 0 Å². The fourth-order valence-corrected chi connectivity index (χ4v) is 3.09. The van der Waals surface area contributed by atoms with Gasteiger partial charge in [-0.15, -0.1) is 0 Å². The molecule has 116 valence electrons. The Kier molecular flexibility index (Phi) is 4.04. The van der Waals surface area contributed by atoms with E-state index >= 15 is 0 Å². The van der Waals surface area contributed by atoms with Gasteiger partial charge in [-0.05, 0) is 23.3 Å². The van der Waals surface area contributed by atoms with Crippen LogP contribution >= 0.6 is 11.5 Å². The zero-order chi connectivity index (χ0) is 16.2. The van der Waals surface area contributed by atoms with E-state index in [-0.39, 0.29) is 0 Å².